The third-order valence-electron chi connectivity index (χ3n) is 8.41. The minimum atomic E-state index is -0.403. The van der Waals surface area contributed by atoms with E-state index in [-0.39, 0.29) is 17.2 Å². The van der Waals surface area contributed by atoms with Crippen molar-refractivity contribution in [2.75, 3.05) is 10.6 Å². The van der Waals surface area contributed by atoms with Gasteiger partial charge < -0.3 is 10.6 Å². The molecule has 5 aliphatic rings. The average molecular weight is 415 g/mol. The lowest BCUT2D eigenvalue weighted by Gasteiger charge is -2.55. The summed E-state index contributed by atoms with van der Waals surface area (Å²) < 4.78 is 0. The molecule has 4 heteroatoms. The average Bonchev–Trinajstić information content (AvgIpc) is 3.56. The molecule has 7 rings (SSSR count). The molecule has 5 fully saturated rings. The zero-order chi connectivity index (χ0) is 21.1. The quantitative estimate of drug-likeness (QED) is 0.678. The van der Waals surface area contributed by atoms with Crippen molar-refractivity contribution in [2.45, 2.75) is 56.8 Å². The van der Waals surface area contributed by atoms with Gasteiger partial charge in [-0.05, 0) is 92.9 Å². The Bertz CT molecular complexity index is 989. The van der Waals surface area contributed by atoms with Gasteiger partial charge in [-0.2, -0.15) is 0 Å². The monoisotopic (exact) mass is 414 g/mol. The molecule has 0 aliphatic heterocycles. The second kappa shape index (κ2) is 6.94. The Kier molecular flexibility index (Phi) is 4.28. The van der Waals surface area contributed by atoms with E-state index in [1.807, 2.05) is 54.6 Å². The summed E-state index contributed by atoms with van der Waals surface area (Å²) in [7, 11) is 0. The maximum atomic E-state index is 13.4. The number of benzene rings is 2. The first-order valence-corrected chi connectivity index (χ1v) is 11.8. The van der Waals surface area contributed by atoms with Crippen molar-refractivity contribution in [3.8, 4) is 0 Å². The van der Waals surface area contributed by atoms with Gasteiger partial charge in [0.1, 0.15) is 0 Å². The molecule has 2 N–H and O–H groups in total. The first-order valence-electron chi connectivity index (χ1n) is 11.8. The molecular weight excluding hydrogens is 384 g/mol. The number of nitrogens with one attached hydrogen (secondary N) is 2. The highest BCUT2D eigenvalue weighted by molar-refractivity contribution is 6.02. The summed E-state index contributed by atoms with van der Waals surface area (Å²) >= 11 is 0. The van der Waals surface area contributed by atoms with Gasteiger partial charge in [0.25, 0.3) is 0 Å². The molecule has 160 valence electrons. The first-order chi connectivity index (χ1) is 15.0. The van der Waals surface area contributed by atoms with Crippen LogP contribution in [0.5, 0.6) is 0 Å². The number of anilines is 2. The van der Waals surface area contributed by atoms with Gasteiger partial charge in [-0.15, -0.1) is 0 Å². The van der Waals surface area contributed by atoms with Crippen LogP contribution >= 0.6 is 0 Å². The summed E-state index contributed by atoms with van der Waals surface area (Å²) in [4.78, 5) is 26.4. The molecular formula is C27H30N2O2. The zero-order valence-electron chi connectivity index (χ0n) is 17.9. The number of hydrogen-bond acceptors (Lipinski definition) is 2. The molecule has 0 saturated heterocycles. The summed E-state index contributed by atoms with van der Waals surface area (Å²) in [6, 6.07) is 17.7. The Balaban J connectivity index is 1.16. The fraction of sp³-hybridized carbons (Fsp3) is 0.481. The lowest BCUT2D eigenvalue weighted by atomic mass is 9.49. The Morgan fingerprint density at radius 1 is 0.710 bits per heavy atom. The number of amides is 2. The van der Waals surface area contributed by atoms with Crippen LogP contribution in [-0.2, 0) is 15.0 Å². The van der Waals surface area contributed by atoms with Crippen molar-refractivity contribution in [3.05, 3.63) is 60.2 Å². The Hall–Kier alpha value is -2.62. The molecule has 2 amide bonds. The Labute approximate surface area is 183 Å². The van der Waals surface area contributed by atoms with Gasteiger partial charge in [0, 0.05) is 11.4 Å². The summed E-state index contributed by atoms with van der Waals surface area (Å²) in [6.07, 6.45) is 8.92. The van der Waals surface area contributed by atoms with Crippen LogP contribution in [0, 0.1) is 23.2 Å². The molecule has 0 spiro atoms. The second-order valence-electron chi connectivity index (χ2n) is 10.6. The van der Waals surface area contributed by atoms with E-state index in [0.717, 1.165) is 66.8 Å². The van der Waals surface area contributed by atoms with Gasteiger partial charge in [0.2, 0.25) is 11.8 Å². The van der Waals surface area contributed by atoms with Crippen LogP contribution < -0.4 is 10.6 Å². The van der Waals surface area contributed by atoms with E-state index in [4.69, 9.17) is 0 Å². The maximum Gasteiger partial charge on any atom is 0.235 e. The van der Waals surface area contributed by atoms with Crippen LogP contribution in [0.3, 0.4) is 0 Å². The molecule has 0 aromatic heterocycles. The fourth-order valence-corrected chi connectivity index (χ4v) is 7.11. The molecule has 4 bridgehead atoms. The molecule has 5 saturated carbocycles. The molecule has 0 atom stereocenters. The van der Waals surface area contributed by atoms with Crippen molar-refractivity contribution in [2.24, 2.45) is 23.2 Å². The highest BCUT2D eigenvalue weighted by Gasteiger charge is 2.54. The number of rotatable bonds is 5. The summed E-state index contributed by atoms with van der Waals surface area (Å²) in [6.45, 7) is 0. The lowest BCUT2D eigenvalue weighted by Crippen LogP contribution is -2.51. The topological polar surface area (TPSA) is 58.2 Å². The van der Waals surface area contributed by atoms with Crippen molar-refractivity contribution in [1.82, 2.24) is 0 Å². The van der Waals surface area contributed by atoms with Gasteiger partial charge >= 0.3 is 0 Å². The fourth-order valence-electron chi connectivity index (χ4n) is 7.11. The third-order valence-corrected chi connectivity index (χ3v) is 8.41. The van der Waals surface area contributed by atoms with Crippen molar-refractivity contribution in [1.29, 1.82) is 0 Å². The van der Waals surface area contributed by atoms with Crippen LogP contribution in [0.25, 0.3) is 0 Å². The smallest absolute Gasteiger partial charge is 0.235 e. The number of carbonyl (C=O) groups excluding carboxylic acids is 2. The van der Waals surface area contributed by atoms with E-state index < -0.39 is 5.41 Å². The molecule has 4 nitrogen and oxygen atoms in total. The molecule has 0 heterocycles. The van der Waals surface area contributed by atoms with Gasteiger partial charge in [0.15, 0.2) is 0 Å². The van der Waals surface area contributed by atoms with Gasteiger partial charge in [-0.25, -0.2) is 0 Å². The Morgan fingerprint density at radius 3 is 1.81 bits per heavy atom. The third kappa shape index (κ3) is 3.28. The second-order valence-corrected chi connectivity index (χ2v) is 10.6. The number of hydrogen-bond donors (Lipinski definition) is 2. The standard InChI is InChI=1S/C27H30N2O2/c30-24(26-15-18-11-19(16-26)13-20(12-18)17-26)28-22-7-4-8-23(14-22)29-25(31)27(9-10-27)21-5-2-1-3-6-21/h1-8,14,18-20H,9-13,15-17H2,(H,28,30)(H,29,31). The molecule has 0 unspecified atom stereocenters. The first kappa shape index (κ1) is 19.1. The largest absolute Gasteiger partial charge is 0.326 e. The molecule has 31 heavy (non-hydrogen) atoms. The van der Waals surface area contributed by atoms with Crippen LogP contribution in [-0.4, -0.2) is 11.8 Å². The van der Waals surface area contributed by atoms with E-state index in [9.17, 15) is 9.59 Å². The predicted octanol–water partition coefficient (Wildman–Crippen LogP) is 5.51. The molecule has 0 radical (unpaired) electrons. The minimum absolute atomic E-state index is 0.0447. The van der Waals surface area contributed by atoms with E-state index in [0.29, 0.717) is 0 Å². The molecule has 2 aromatic carbocycles. The van der Waals surface area contributed by atoms with Crippen molar-refractivity contribution in [3.63, 3.8) is 0 Å². The molecule has 5 aliphatic carbocycles. The molecule has 2 aromatic rings. The van der Waals surface area contributed by atoms with Crippen LogP contribution in [0.1, 0.15) is 56.9 Å². The lowest BCUT2D eigenvalue weighted by molar-refractivity contribution is -0.140. The number of carbonyl (C=O) groups is 2. The summed E-state index contributed by atoms with van der Waals surface area (Å²) in [5, 5.41) is 6.31. The SMILES string of the molecule is O=C(Nc1cccc(NC(=O)C2(c3ccccc3)CC2)c1)C12CC3CC(CC(C3)C1)C2. The van der Waals surface area contributed by atoms with E-state index in [2.05, 4.69) is 10.6 Å². The van der Waals surface area contributed by atoms with Crippen LogP contribution in [0.2, 0.25) is 0 Å². The minimum Gasteiger partial charge on any atom is -0.326 e. The summed E-state index contributed by atoms with van der Waals surface area (Å²) in [5.41, 5.74) is 2.04. The highest BCUT2D eigenvalue weighted by Crippen LogP contribution is 2.60. The maximum absolute atomic E-state index is 13.4. The van der Waals surface area contributed by atoms with E-state index in [1.54, 1.807) is 0 Å². The van der Waals surface area contributed by atoms with Gasteiger partial charge in [-0.1, -0.05) is 36.4 Å². The van der Waals surface area contributed by atoms with Crippen molar-refractivity contribution < 1.29 is 9.59 Å². The highest BCUT2D eigenvalue weighted by atomic mass is 16.2. The van der Waals surface area contributed by atoms with Gasteiger partial charge in [0.05, 0.1) is 10.8 Å². The van der Waals surface area contributed by atoms with E-state index >= 15 is 0 Å². The zero-order valence-corrected chi connectivity index (χ0v) is 17.9. The predicted molar refractivity (Wildman–Crippen MR) is 122 cm³/mol. The van der Waals surface area contributed by atoms with Crippen molar-refractivity contribution >= 4 is 23.2 Å². The van der Waals surface area contributed by atoms with Crippen LogP contribution in [0.15, 0.2) is 54.6 Å². The van der Waals surface area contributed by atoms with Gasteiger partial charge in [-0.3, -0.25) is 9.59 Å². The summed E-state index contributed by atoms with van der Waals surface area (Å²) in [5.74, 6) is 2.47. The van der Waals surface area contributed by atoms with E-state index in [1.165, 1.54) is 19.3 Å². The van der Waals surface area contributed by atoms with Crippen LogP contribution in [0.4, 0.5) is 11.4 Å². The Morgan fingerprint density at radius 2 is 1.26 bits per heavy atom. The normalized spacial score (nSPS) is 31.8.